The van der Waals surface area contributed by atoms with Gasteiger partial charge in [-0.25, -0.2) is 0 Å². The molecule has 15 heavy (non-hydrogen) atoms. The van der Waals surface area contributed by atoms with Crippen LogP contribution < -0.4 is 5.32 Å². The number of nitrogens with zero attached hydrogens (tertiary/aromatic N) is 1. The Kier molecular flexibility index (Phi) is 3.32. The highest BCUT2D eigenvalue weighted by atomic mass is 19.4. The van der Waals surface area contributed by atoms with Crippen LogP contribution in [0.4, 0.5) is 13.2 Å². The van der Waals surface area contributed by atoms with Gasteiger partial charge in [-0.3, -0.25) is 0 Å². The highest BCUT2D eigenvalue weighted by molar-refractivity contribution is 5.38. The van der Waals surface area contributed by atoms with Crippen molar-refractivity contribution in [2.75, 3.05) is 7.05 Å². The summed E-state index contributed by atoms with van der Waals surface area (Å²) in [4.78, 5) is 0. The zero-order valence-electron chi connectivity index (χ0n) is 8.02. The molecule has 0 saturated heterocycles. The molecular formula is C10H9F3N2. The van der Waals surface area contributed by atoms with Crippen LogP contribution in [-0.2, 0) is 12.7 Å². The van der Waals surface area contributed by atoms with Gasteiger partial charge in [0.15, 0.2) is 0 Å². The molecule has 0 aliphatic carbocycles. The van der Waals surface area contributed by atoms with Gasteiger partial charge in [-0.1, -0.05) is 0 Å². The normalized spacial score (nSPS) is 11.1. The van der Waals surface area contributed by atoms with E-state index in [9.17, 15) is 13.2 Å². The molecule has 0 saturated carbocycles. The van der Waals surface area contributed by atoms with Crippen LogP contribution in [-0.4, -0.2) is 7.05 Å². The van der Waals surface area contributed by atoms with Crippen molar-refractivity contribution in [2.24, 2.45) is 0 Å². The lowest BCUT2D eigenvalue weighted by molar-refractivity contribution is -0.137. The van der Waals surface area contributed by atoms with Crippen LogP contribution in [0.15, 0.2) is 18.2 Å². The van der Waals surface area contributed by atoms with Crippen LogP contribution in [0, 0.1) is 11.3 Å². The van der Waals surface area contributed by atoms with Crippen molar-refractivity contribution >= 4 is 0 Å². The van der Waals surface area contributed by atoms with E-state index in [0.29, 0.717) is 12.1 Å². The number of benzene rings is 1. The minimum atomic E-state index is -4.41. The highest BCUT2D eigenvalue weighted by Crippen LogP contribution is 2.30. The Morgan fingerprint density at radius 1 is 1.33 bits per heavy atom. The van der Waals surface area contributed by atoms with Crippen molar-refractivity contribution < 1.29 is 13.2 Å². The predicted molar refractivity (Wildman–Crippen MR) is 48.9 cm³/mol. The lowest BCUT2D eigenvalue weighted by atomic mass is 10.1. The van der Waals surface area contributed by atoms with Crippen molar-refractivity contribution in [1.29, 1.82) is 5.26 Å². The minimum Gasteiger partial charge on any atom is -0.316 e. The van der Waals surface area contributed by atoms with Crippen molar-refractivity contribution in [2.45, 2.75) is 12.7 Å². The molecular weight excluding hydrogens is 205 g/mol. The molecule has 1 aromatic rings. The van der Waals surface area contributed by atoms with E-state index < -0.39 is 11.7 Å². The predicted octanol–water partition coefficient (Wildman–Crippen LogP) is 2.30. The van der Waals surface area contributed by atoms with E-state index in [1.165, 1.54) is 6.07 Å². The minimum absolute atomic E-state index is 0.0232. The fourth-order valence-corrected chi connectivity index (χ4v) is 1.23. The number of alkyl halides is 3. The first-order valence-electron chi connectivity index (χ1n) is 4.23. The molecule has 0 heterocycles. The molecule has 0 aliphatic rings. The molecule has 0 radical (unpaired) electrons. The summed E-state index contributed by atoms with van der Waals surface area (Å²) in [5, 5.41) is 11.3. The summed E-state index contributed by atoms with van der Waals surface area (Å²) in [6.07, 6.45) is -4.41. The summed E-state index contributed by atoms with van der Waals surface area (Å²) in [5.41, 5.74) is -0.314. The van der Waals surface area contributed by atoms with E-state index >= 15 is 0 Å². The Balaban J connectivity index is 3.19. The first-order chi connectivity index (χ1) is 6.97. The Morgan fingerprint density at radius 3 is 2.47 bits per heavy atom. The average Bonchev–Trinajstić information content (AvgIpc) is 2.16. The number of rotatable bonds is 2. The number of hydrogen-bond donors (Lipinski definition) is 1. The Bertz CT molecular complexity index is 391. The molecule has 1 N–H and O–H groups in total. The molecule has 2 nitrogen and oxygen atoms in total. The second-order valence-electron chi connectivity index (χ2n) is 3.06. The van der Waals surface area contributed by atoms with Gasteiger partial charge in [0.25, 0.3) is 0 Å². The van der Waals surface area contributed by atoms with Crippen LogP contribution in [0.25, 0.3) is 0 Å². The molecule has 1 aromatic carbocycles. The van der Waals surface area contributed by atoms with Crippen LogP contribution in [0.2, 0.25) is 0 Å². The Morgan fingerprint density at radius 2 is 2.00 bits per heavy atom. The van der Waals surface area contributed by atoms with Gasteiger partial charge in [-0.05, 0) is 30.8 Å². The van der Waals surface area contributed by atoms with Crippen LogP contribution in [0.5, 0.6) is 0 Å². The fourth-order valence-electron chi connectivity index (χ4n) is 1.23. The number of halogens is 3. The molecule has 0 fully saturated rings. The topological polar surface area (TPSA) is 35.8 Å². The second kappa shape index (κ2) is 4.32. The third kappa shape index (κ3) is 2.96. The van der Waals surface area contributed by atoms with E-state index in [-0.39, 0.29) is 5.56 Å². The monoisotopic (exact) mass is 214 g/mol. The molecule has 5 heteroatoms. The van der Waals surface area contributed by atoms with E-state index in [4.69, 9.17) is 5.26 Å². The van der Waals surface area contributed by atoms with Gasteiger partial charge in [0.05, 0.1) is 17.2 Å². The van der Waals surface area contributed by atoms with Crippen molar-refractivity contribution in [3.63, 3.8) is 0 Å². The number of nitriles is 1. The molecule has 0 aliphatic heterocycles. The molecule has 0 bridgehead atoms. The summed E-state index contributed by atoms with van der Waals surface area (Å²) in [6.45, 7) is 0.304. The zero-order chi connectivity index (χ0) is 11.5. The quantitative estimate of drug-likeness (QED) is 0.819. The van der Waals surface area contributed by atoms with Gasteiger partial charge in [0, 0.05) is 6.54 Å². The van der Waals surface area contributed by atoms with Gasteiger partial charge in [0.1, 0.15) is 0 Å². The summed E-state index contributed by atoms with van der Waals surface area (Å²) in [7, 11) is 1.63. The van der Waals surface area contributed by atoms with E-state index in [0.717, 1.165) is 12.1 Å². The molecule has 0 unspecified atom stereocenters. The van der Waals surface area contributed by atoms with Crippen molar-refractivity contribution in [3.05, 3.63) is 34.9 Å². The van der Waals surface area contributed by atoms with E-state index in [1.54, 1.807) is 13.1 Å². The maximum atomic E-state index is 12.4. The van der Waals surface area contributed by atoms with E-state index in [1.807, 2.05) is 0 Å². The Hall–Kier alpha value is -1.54. The highest BCUT2D eigenvalue weighted by Gasteiger charge is 2.31. The third-order valence-electron chi connectivity index (χ3n) is 1.83. The lowest BCUT2D eigenvalue weighted by Gasteiger charge is -2.09. The van der Waals surface area contributed by atoms with Gasteiger partial charge >= 0.3 is 6.18 Å². The molecule has 80 valence electrons. The lowest BCUT2D eigenvalue weighted by Crippen LogP contribution is -2.10. The average molecular weight is 214 g/mol. The SMILES string of the molecule is CNCc1cc(C#N)cc(C(F)(F)F)c1. The van der Waals surface area contributed by atoms with Gasteiger partial charge in [-0.15, -0.1) is 0 Å². The molecule has 0 spiro atoms. The maximum Gasteiger partial charge on any atom is 0.416 e. The first-order valence-corrected chi connectivity index (χ1v) is 4.23. The standard InChI is InChI=1S/C10H9F3N2/c1-15-6-8-2-7(5-14)3-9(4-8)10(11,12)13/h2-4,15H,6H2,1H3. The second-order valence-corrected chi connectivity index (χ2v) is 3.06. The zero-order valence-corrected chi connectivity index (χ0v) is 8.02. The summed E-state index contributed by atoms with van der Waals surface area (Å²) in [5.74, 6) is 0. The van der Waals surface area contributed by atoms with Crippen LogP contribution in [0.1, 0.15) is 16.7 Å². The Labute approximate surface area is 85.3 Å². The van der Waals surface area contributed by atoms with Crippen molar-refractivity contribution in [1.82, 2.24) is 5.32 Å². The molecule has 0 atom stereocenters. The molecule has 1 rings (SSSR count). The summed E-state index contributed by atoms with van der Waals surface area (Å²) >= 11 is 0. The van der Waals surface area contributed by atoms with Crippen molar-refractivity contribution in [3.8, 4) is 6.07 Å². The number of hydrogen-bond acceptors (Lipinski definition) is 2. The van der Waals surface area contributed by atoms with Gasteiger partial charge in [0.2, 0.25) is 0 Å². The largest absolute Gasteiger partial charge is 0.416 e. The molecule has 0 aromatic heterocycles. The van der Waals surface area contributed by atoms with E-state index in [2.05, 4.69) is 5.32 Å². The van der Waals surface area contributed by atoms with Gasteiger partial charge in [-0.2, -0.15) is 18.4 Å². The third-order valence-corrected chi connectivity index (χ3v) is 1.83. The summed E-state index contributed by atoms with van der Waals surface area (Å²) in [6, 6.07) is 5.03. The number of nitrogens with one attached hydrogen (secondary N) is 1. The maximum absolute atomic E-state index is 12.4. The van der Waals surface area contributed by atoms with Crippen LogP contribution >= 0.6 is 0 Å². The van der Waals surface area contributed by atoms with Gasteiger partial charge < -0.3 is 5.32 Å². The fraction of sp³-hybridized carbons (Fsp3) is 0.300. The van der Waals surface area contributed by atoms with Crippen LogP contribution in [0.3, 0.4) is 0 Å². The smallest absolute Gasteiger partial charge is 0.316 e. The first kappa shape index (κ1) is 11.5. The molecule has 0 amide bonds. The summed E-state index contributed by atoms with van der Waals surface area (Å²) < 4.78 is 37.2.